The van der Waals surface area contributed by atoms with Crippen LogP contribution in [0.1, 0.15) is 29.7 Å². The molecule has 0 saturated heterocycles. The number of hydrogen-bond acceptors (Lipinski definition) is 3. The van der Waals surface area contributed by atoms with Crippen LogP contribution in [0.15, 0.2) is 22.9 Å². The largest absolute Gasteiger partial charge is 0.495 e. The van der Waals surface area contributed by atoms with Crippen LogP contribution in [0.25, 0.3) is 0 Å². The van der Waals surface area contributed by atoms with E-state index in [1.54, 1.807) is 24.5 Å². The van der Waals surface area contributed by atoms with Crippen molar-refractivity contribution in [1.29, 1.82) is 0 Å². The molecule has 2 aromatic rings. The third kappa shape index (κ3) is 3.12. The fourth-order valence-corrected chi connectivity index (χ4v) is 3.57. The second-order valence-corrected chi connectivity index (χ2v) is 6.07. The van der Waals surface area contributed by atoms with Crippen molar-refractivity contribution < 1.29 is 4.74 Å². The first-order valence-corrected chi connectivity index (χ1v) is 8.07. The second kappa shape index (κ2) is 6.81. The summed E-state index contributed by atoms with van der Waals surface area (Å²) in [5, 5.41) is 8.99. The summed E-state index contributed by atoms with van der Waals surface area (Å²) >= 11 is 14.3. The standard InChI is InChI=1S/C15H17Cl2NOS/c1-4-18-15(11-8-20-7-9(11)2)10-5-13(17)14(19-3)6-12(10)16/h5-8,15,18H,4H2,1-3H3. The first kappa shape index (κ1) is 15.6. The molecule has 0 aliphatic heterocycles. The molecule has 0 aliphatic rings. The Morgan fingerprint density at radius 2 is 1.95 bits per heavy atom. The topological polar surface area (TPSA) is 21.3 Å². The van der Waals surface area contributed by atoms with E-state index in [-0.39, 0.29) is 6.04 Å². The monoisotopic (exact) mass is 329 g/mol. The minimum atomic E-state index is 0.0437. The molecule has 1 aromatic carbocycles. The number of methoxy groups -OCH3 is 1. The second-order valence-electron chi connectivity index (χ2n) is 4.51. The fraction of sp³-hybridized carbons (Fsp3) is 0.333. The molecule has 0 aliphatic carbocycles. The van der Waals surface area contributed by atoms with Crippen LogP contribution >= 0.6 is 34.5 Å². The van der Waals surface area contributed by atoms with Gasteiger partial charge in [0.15, 0.2) is 0 Å². The van der Waals surface area contributed by atoms with Gasteiger partial charge in [0.25, 0.3) is 0 Å². The highest BCUT2D eigenvalue weighted by molar-refractivity contribution is 7.08. The van der Waals surface area contributed by atoms with E-state index >= 15 is 0 Å². The summed E-state index contributed by atoms with van der Waals surface area (Å²) in [6, 6.07) is 3.69. The van der Waals surface area contributed by atoms with Gasteiger partial charge in [-0.1, -0.05) is 30.1 Å². The van der Waals surface area contributed by atoms with E-state index in [0.717, 1.165) is 12.1 Å². The normalized spacial score (nSPS) is 12.4. The van der Waals surface area contributed by atoms with E-state index in [4.69, 9.17) is 27.9 Å². The van der Waals surface area contributed by atoms with Crippen LogP contribution in [0.2, 0.25) is 10.0 Å². The van der Waals surface area contributed by atoms with Crippen molar-refractivity contribution >= 4 is 34.5 Å². The highest BCUT2D eigenvalue weighted by atomic mass is 35.5. The predicted octanol–water partition coefficient (Wildman–Crippen LogP) is 5.07. The quantitative estimate of drug-likeness (QED) is 0.826. The van der Waals surface area contributed by atoms with Crippen LogP contribution in [0.4, 0.5) is 0 Å². The summed E-state index contributed by atoms with van der Waals surface area (Å²) in [5.74, 6) is 0.595. The average Bonchev–Trinajstić information content (AvgIpc) is 2.84. The molecule has 0 radical (unpaired) electrons. The van der Waals surface area contributed by atoms with E-state index in [2.05, 4.69) is 29.9 Å². The van der Waals surface area contributed by atoms with Gasteiger partial charge in [-0.3, -0.25) is 0 Å². The SMILES string of the molecule is CCNC(c1cscc1C)c1cc(Cl)c(OC)cc1Cl. The van der Waals surface area contributed by atoms with E-state index < -0.39 is 0 Å². The van der Waals surface area contributed by atoms with Gasteiger partial charge >= 0.3 is 0 Å². The molecule has 2 nitrogen and oxygen atoms in total. The Labute approximate surface area is 133 Å². The van der Waals surface area contributed by atoms with Gasteiger partial charge in [0.1, 0.15) is 5.75 Å². The Kier molecular flexibility index (Phi) is 5.33. The Morgan fingerprint density at radius 3 is 2.50 bits per heavy atom. The summed E-state index contributed by atoms with van der Waals surface area (Å²) in [6.45, 7) is 5.03. The summed E-state index contributed by atoms with van der Waals surface area (Å²) in [6.07, 6.45) is 0. The van der Waals surface area contributed by atoms with E-state index in [1.165, 1.54) is 11.1 Å². The molecule has 0 spiro atoms. The lowest BCUT2D eigenvalue weighted by atomic mass is 9.98. The molecular formula is C15H17Cl2NOS. The molecule has 0 amide bonds. The Balaban J connectivity index is 2.50. The maximum absolute atomic E-state index is 6.40. The van der Waals surface area contributed by atoms with Crippen LogP contribution in [-0.4, -0.2) is 13.7 Å². The maximum Gasteiger partial charge on any atom is 0.138 e. The number of aryl methyl sites for hydroxylation is 1. The zero-order valence-corrected chi connectivity index (χ0v) is 14.0. The lowest BCUT2D eigenvalue weighted by Crippen LogP contribution is -2.22. The summed E-state index contributed by atoms with van der Waals surface area (Å²) in [5.41, 5.74) is 3.46. The van der Waals surface area contributed by atoms with Crippen LogP contribution < -0.4 is 10.1 Å². The number of halogens is 2. The smallest absolute Gasteiger partial charge is 0.138 e. The molecule has 1 N–H and O–H groups in total. The zero-order valence-electron chi connectivity index (χ0n) is 11.7. The summed E-state index contributed by atoms with van der Waals surface area (Å²) in [4.78, 5) is 0. The van der Waals surface area contributed by atoms with Gasteiger partial charge in [-0.05, 0) is 47.0 Å². The molecule has 5 heteroatoms. The van der Waals surface area contributed by atoms with E-state index in [1.807, 2.05) is 6.07 Å². The van der Waals surface area contributed by atoms with Crippen LogP contribution in [-0.2, 0) is 0 Å². The van der Waals surface area contributed by atoms with E-state index in [0.29, 0.717) is 15.8 Å². The van der Waals surface area contributed by atoms with Crippen molar-refractivity contribution in [3.63, 3.8) is 0 Å². The van der Waals surface area contributed by atoms with Gasteiger partial charge < -0.3 is 10.1 Å². The van der Waals surface area contributed by atoms with Crippen LogP contribution in [0.5, 0.6) is 5.75 Å². The van der Waals surface area contributed by atoms with Crippen molar-refractivity contribution in [3.8, 4) is 5.75 Å². The van der Waals surface area contributed by atoms with Crippen LogP contribution in [0, 0.1) is 6.92 Å². The lowest BCUT2D eigenvalue weighted by Gasteiger charge is -2.21. The number of ether oxygens (including phenoxy) is 1. The number of rotatable bonds is 5. The van der Waals surface area contributed by atoms with Gasteiger partial charge in [0.2, 0.25) is 0 Å². The molecule has 0 saturated carbocycles. The fourth-order valence-electron chi connectivity index (χ4n) is 2.18. The molecule has 1 heterocycles. The summed E-state index contributed by atoms with van der Waals surface area (Å²) in [7, 11) is 1.59. The van der Waals surface area contributed by atoms with Crippen molar-refractivity contribution in [3.05, 3.63) is 49.6 Å². The molecule has 108 valence electrons. The van der Waals surface area contributed by atoms with Crippen molar-refractivity contribution in [2.45, 2.75) is 19.9 Å². The Morgan fingerprint density at radius 1 is 1.20 bits per heavy atom. The molecule has 2 rings (SSSR count). The Bertz CT molecular complexity index is 598. The molecule has 20 heavy (non-hydrogen) atoms. The minimum absolute atomic E-state index is 0.0437. The van der Waals surface area contributed by atoms with Crippen molar-refractivity contribution in [2.24, 2.45) is 0 Å². The predicted molar refractivity (Wildman–Crippen MR) is 87.6 cm³/mol. The zero-order chi connectivity index (χ0) is 14.7. The van der Waals surface area contributed by atoms with E-state index in [9.17, 15) is 0 Å². The Hall–Kier alpha value is -0.740. The molecule has 1 atom stereocenters. The molecule has 1 aromatic heterocycles. The summed E-state index contributed by atoms with van der Waals surface area (Å²) < 4.78 is 5.20. The number of benzene rings is 1. The molecule has 1 unspecified atom stereocenters. The average molecular weight is 330 g/mol. The highest BCUT2D eigenvalue weighted by Crippen LogP contribution is 2.37. The minimum Gasteiger partial charge on any atom is -0.495 e. The van der Waals surface area contributed by atoms with Crippen LogP contribution in [0.3, 0.4) is 0 Å². The number of nitrogens with one attached hydrogen (secondary N) is 1. The van der Waals surface area contributed by atoms with Gasteiger partial charge in [0.05, 0.1) is 18.2 Å². The van der Waals surface area contributed by atoms with Gasteiger partial charge in [0, 0.05) is 11.1 Å². The van der Waals surface area contributed by atoms with Crippen molar-refractivity contribution in [1.82, 2.24) is 5.32 Å². The van der Waals surface area contributed by atoms with Gasteiger partial charge in [-0.25, -0.2) is 0 Å². The van der Waals surface area contributed by atoms with Gasteiger partial charge in [-0.15, -0.1) is 0 Å². The third-order valence-electron chi connectivity index (χ3n) is 3.20. The third-order valence-corrected chi connectivity index (χ3v) is 4.70. The first-order chi connectivity index (χ1) is 9.58. The maximum atomic E-state index is 6.40. The van der Waals surface area contributed by atoms with Gasteiger partial charge in [-0.2, -0.15) is 11.3 Å². The molecule has 0 bridgehead atoms. The lowest BCUT2D eigenvalue weighted by molar-refractivity contribution is 0.414. The highest BCUT2D eigenvalue weighted by Gasteiger charge is 2.20. The van der Waals surface area contributed by atoms with Crippen molar-refractivity contribution in [2.75, 3.05) is 13.7 Å². The molecular weight excluding hydrogens is 313 g/mol. The number of thiophene rings is 1. The number of hydrogen-bond donors (Lipinski definition) is 1. The molecule has 0 fully saturated rings. The first-order valence-electron chi connectivity index (χ1n) is 6.37.